The van der Waals surface area contributed by atoms with Crippen LogP contribution < -0.4 is 0 Å². The summed E-state index contributed by atoms with van der Waals surface area (Å²) in [4.78, 5) is 26.9. The van der Waals surface area contributed by atoms with Crippen LogP contribution in [-0.4, -0.2) is 39.4 Å². The number of fused-ring (bicyclic) bond motifs is 1. The van der Waals surface area contributed by atoms with E-state index in [0.717, 1.165) is 39.6 Å². The Labute approximate surface area is 145 Å². The van der Waals surface area contributed by atoms with Crippen molar-refractivity contribution in [1.29, 1.82) is 0 Å². The first-order valence-corrected chi connectivity index (χ1v) is 8.73. The number of carbonyl (C=O) groups is 1. The summed E-state index contributed by atoms with van der Waals surface area (Å²) < 4.78 is 0. The molecule has 0 aliphatic carbocycles. The average molecular weight is 340 g/mol. The minimum atomic E-state index is 0.00524. The fourth-order valence-corrected chi connectivity index (χ4v) is 3.14. The zero-order valence-electron chi connectivity index (χ0n) is 13.8. The minimum Gasteiger partial charge on any atom is -0.342 e. The number of H-pyrrole nitrogens is 1. The molecule has 1 N–H and O–H groups in total. The number of imidazole rings is 1. The van der Waals surface area contributed by atoms with Crippen molar-refractivity contribution < 1.29 is 4.79 Å². The molecule has 3 aromatic rings. The Morgan fingerprint density at radius 3 is 2.96 bits per heavy atom. The fraction of sp³-hybridized carbons (Fsp3) is 0.278. The zero-order valence-corrected chi connectivity index (χ0v) is 14.6. The van der Waals surface area contributed by atoms with Crippen LogP contribution >= 0.6 is 11.3 Å². The first-order chi connectivity index (χ1) is 11.6. The number of nitrogens with one attached hydrogen (secondary N) is 1. The molecule has 0 radical (unpaired) electrons. The molecule has 0 bridgehead atoms. The number of benzene rings is 1. The SMILES string of the molecule is Cc1ncc(C=CC(=O)N(C)CCCc2nc3ccccc3[nH]2)s1. The predicted octanol–water partition coefficient (Wildman–Crippen LogP) is 3.43. The van der Waals surface area contributed by atoms with Crippen molar-refractivity contribution in [2.75, 3.05) is 13.6 Å². The van der Waals surface area contributed by atoms with Gasteiger partial charge in [-0.1, -0.05) is 12.1 Å². The summed E-state index contributed by atoms with van der Waals surface area (Å²) in [7, 11) is 1.82. The number of para-hydroxylation sites is 2. The number of hydrogen-bond acceptors (Lipinski definition) is 4. The number of amides is 1. The van der Waals surface area contributed by atoms with Gasteiger partial charge in [-0.2, -0.15) is 0 Å². The lowest BCUT2D eigenvalue weighted by Gasteiger charge is -2.14. The monoisotopic (exact) mass is 340 g/mol. The molecule has 124 valence electrons. The van der Waals surface area contributed by atoms with E-state index in [2.05, 4.69) is 15.0 Å². The van der Waals surface area contributed by atoms with E-state index < -0.39 is 0 Å². The van der Waals surface area contributed by atoms with Crippen molar-refractivity contribution in [2.24, 2.45) is 0 Å². The van der Waals surface area contributed by atoms with Gasteiger partial charge in [-0.3, -0.25) is 4.79 Å². The highest BCUT2D eigenvalue weighted by Gasteiger charge is 2.07. The topological polar surface area (TPSA) is 61.9 Å². The summed E-state index contributed by atoms with van der Waals surface area (Å²) in [5.74, 6) is 0.971. The third-order valence-electron chi connectivity index (χ3n) is 3.75. The summed E-state index contributed by atoms with van der Waals surface area (Å²) in [6.07, 6.45) is 6.90. The van der Waals surface area contributed by atoms with Crippen LogP contribution in [0.4, 0.5) is 0 Å². The lowest BCUT2D eigenvalue weighted by molar-refractivity contribution is -0.124. The number of thiazole rings is 1. The number of hydrogen-bond donors (Lipinski definition) is 1. The maximum Gasteiger partial charge on any atom is 0.246 e. The maximum absolute atomic E-state index is 12.1. The Kier molecular flexibility index (Phi) is 5.05. The molecule has 0 spiro atoms. The summed E-state index contributed by atoms with van der Waals surface area (Å²) in [6, 6.07) is 7.99. The summed E-state index contributed by atoms with van der Waals surface area (Å²) in [5.41, 5.74) is 2.04. The molecule has 0 atom stereocenters. The summed E-state index contributed by atoms with van der Waals surface area (Å²) in [6.45, 7) is 2.65. The van der Waals surface area contributed by atoms with E-state index in [1.807, 2.05) is 44.3 Å². The number of nitrogens with zero attached hydrogens (tertiary/aromatic N) is 3. The largest absolute Gasteiger partial charge is 0.342 e. The van der Waals surface area contributed by atoms with E-state index in [1.54, 1.807) is 28.5 Å². The van der Waals surface area contributed by atoms with Crippen molar-refractivity contribution in [3.05, 3.63) is 52.2 Å². The number of aromatic nitrogens is 3. The molecule has 2 aromatic heterocycles. The number of rotatable bonds is 6. The van der Waals surface area contributed by atoms with Crippen molar-refractivity contribution in [2.45, 2.75) is 19.8 Å². The predicted molar refractivity (Wildman–Crippen MR) is 97.9 cm³/mol. The second-order valence-electron chi connectivity index (χ2n) is 5.68. The maximum atomic E-state index is 12.1. The summed E-state index contributed by atoms with van der Waals surface area (Å²) >= 11 is 1.58. The molecule has 2 heterocycles. The van der Waals surface area contributed by atoms with Crippen molar-refractivity contribution in [1.82, 2.24) is 19.9 Å². The molecule has 0 saturated carbocycles. The highest BCUT2D eigenvalue weighted by molar-refractivity contribution is 7.12. The molecule has 6 heteroatoms. The van der Waals surface area contributed by atoms with E-state index in [-0.39, 0.29) is 5.91 Å². The zero-order chi connectivity index (χ0) is 16.9. The van der Waals surface area contributed by atoms with E-state index >= 15 is 0 Å². The lowest BCUT2D eigenvalue weighted by Crippen LogP contribution is -2.26. The van der Waals surface area contributed by atoms with Gasteiger partial charge >= 0.3 is 0 Å². The Hall–Kier alpha value is -2.47. The van der Waals surface area contributed by atoms with Crippen LogP contribution in [0, 0.1) is 6.92 Å². The van der Waals surface area contributed by atoms with E-state index in [9.17, 15) is 4.79 Å². The molecule has 0 saturated heterocycles. The third-order valence-corrected chi connectivity index (χ3v) is 4.63. The Morgan fingerprint density at radius 2 is 2.21 bits per heavy atom. The minimum absolute atomic E-state index is 0.00524. The number of likely N-dealkylation sites (N-methyl/N-ethyl adjacent to an activating group) is 1. The molecule has 0 fully saturated rings. The van der Waals surface area contributed by atoms with Crippen LogP contribution in [0.15, 0.2) is 36.5 Å². The molecule has 1 amide bonds. The Bertz CT molecular complexity index is 832. The van der Waals surface area contributed by atoms with Gasteiger partial charge in [0.1, 0.15) is 5.82 Å². The molecule has 3 rings (SSSR count). The van der Waals surface area contributed by atoms with Gasteiger partial charge in [0.05, 0.1) is 16.0 Å². The van der Waals surface area contributed by atoms with Crippen LogP contribution in [0.1, 0.15) is 22.1 Å². The van der Waals surface area contributed by atoms with Gasteiger partial charge < -0.3 is 9.88 Å². The standard InChI is InChI=1S/C18H20N4OS/c1-13-19-12-14(24-13)9-10-18(23)22(2)11-5-8-17-20-15-6-3-4-7-16(15)21-17/h3-4,6-7,9-10,12H,5,8,11H2,1-2H3,(H,20,21). The van der Waals surface area contributed by atoms with Crippen molar-refractivity contribution in [3.8, 4) is 0 Å². The van der Waals surface area contributed by atoms with E-state index in [1.165, 1.54) is 0 Å². The molecule has 24 heavy (non-hydrogen) atoms. The van der Waals surface area contributed by atoms with Crippen LogP contribution in [0.5, 0.6) is 0 Å². The lowest BCUT2D eigenvalue weighted by atomic mass is 10.3. The summed E-state index contributed by atoms with van der Waals surface area (Å²) in [5, 5.41) is 1.00. The molecule has 0 aliphatic rings. The van der Waals surface area contributed by atoms with Gasteiger partial charge in [-0.15, -0.1) is 11.3 Å². The van der Waals surface area contributed by atoms with Crippen molar-refractivity contribution >= 4 is 34.4 Å². The number of aromatic amines is 1. The van der Waals surface area contributed by atoms with Gasteiger partial charge in [-0.25, -0.2) is 9.97 Å². The highest BCUT2D eigenvalue weighted by atomic mass is 32.1. The highest BCUT2D eigenvalue weighted by Crippen LogP contribution is 2.13. The normalized spacial score (nSPS) is 11.4. The second-order valence-corrected chi connectivity index (χ2v) is 6.95. The molecule has 0 unspecified atom stereocenters. The van der Waals surface area contributed by atoms with Gasteiger partial charge in [0.15, 0.2) is 0 Å². The van der Waals surface area contributed by atoms with Crippen molar-refractivity contribution in [3.63, 3.8) is 0 Å². The first-order valence-electron chi connectivity index (χ1n) is 7.91. The van der Waals surface area contributed by atoms with Crippen LogP contribution in [0.25, 0.3) is 17.1 Å². The van der Waals surface area contributed by atoms with Crippen LogP contribution in [-0.2, 0) is 11.2 Å². The fourth-order valence-electron chi connectivity index (χ4n) is 2.45. The third kappa shape index (κ3) is 4.08. The average Bonchev–Trinajstić information content (AvgIpc) is 3.17. The van der Waals surface area contributed by atoms with E-state index in [0.29, 0.717) is 6.54 Å². The first kappa shape index (κ1) is 16.4. The second kappa shape index (κ2) is 7.40. The number of carbonyl (C=O) groups excluding carboxylic acids is 1. The smallest absolute Gasteiger partial charge is 0.246 e. The van der Waals surface area contributed by atoms with E-state index in [4.69, 9.17) is 0 Å². The Morgan fingerprint density at radius 1 is 1.38 bits per heavy atom. The molecule has 1 aromatic carbocycles. The van der Waals surface area contributed by atoms with Gasteiger partial charge in [0.2, 0.25) is 5.91 Å². The van der Waals surface area contributed by atoms with Gasteiger partial charge in [0.25, 0.3) is 0 Å². The van der Waals surface area contributed by atoms with Gasteiger partial charge in [-0.05, 0) is 31.6 Å². The Balaban J connectivity index is 1.48. The van der Waals surface area contributed by atoms with Crippen LogP contribution in [0.3, 0.4) is 0 Å². The molecule has 0 aliphatic heterocycles. The van der Waals surface area contributed by atoms with Gasteiger partial charge in [0, 0.05) is 37.2 Å². The molecular weight excluding hydrogens is 320 g/mol. The number of aryl methyl sites for hydroxylation is 2. The quantitative estimate of drug-likeness (QED) is 0.699. The molecular formula is C18H20N4OS. The van der Waals surface area contributed by atoms with Crippen LogP contribution in [0.2, 0.25) is 0 Å². The molecule has 5 nitrogen and oxygen atoms in total.